The summed E-state index contributed by atoms with van der Waals surface area (Å²) in [4.78, 5) is 4.48. The molecule has 0 heterocycles. The second kappa shape index (κ2) is 8.29. The number of nitrogens with zero attached hydrogens (tertiary/aromatic N) is 1. The molecule has 1 aromatic carbocycles. The first kappa shape index (κ1) is 17.0. The number of aliphatic imine (C=N–C) groups is 1. The molecule has 21 heavy (non-hydrogen) atoms. The Morgan fingerprint density at radius 3 is 2.52 bits per heavy atom. The fraction of sp³-hybridized carbons (Fsp3) is 0.357. The molecule has 7 heteroatoms. The molecule has 0 saturated heterocycles. The van der Waals surface area contributed by atoms with Gasteiger partial charge in [-0.25, -0.2) is 13.6 Å². The molecule has 0 radical (unpaired) electrons. The zero-order chi connectivity index (χ0) is 15.7. The normalized spacial score (nSPS) is 11.8. The van der Waals surface area contributed by atoms with E-state index in [1.165, 1.54) is 12.1 Å². The fourth-order valence-corrected chi connectivity index (χ4v) is 2.13. The molecule has 1 aromatic rings. The van der Waals surface area contributed by atoms with E-state index in [1.54, 1.807) is 12.1 Å². The van der Waals surface area contributed by atoms with Gasteiger partial charge in [-0.3, -0.25) is 4.99 Å². The zero-order valence-corrected chi connectivity index (χ0v) is 12.8. The third kappa shape index (κ3) is 6.29. The number of terminal acetylenes is 1. The molecule has 4 N–H and O–H groups in total. The maximum Gasteiger partial charge on any atom is 0.238 e. The van der Waals surface area contributed by atoms with Crippen molar-refractivity contribution in [2.45, 2.75) is 18.2 Å². The highest BCUT2D eigenvalue weighted by Gasteiger charge is 2.06. The topological polar surface area (TPSA) is 96.6 Å². The molecule has 6 nitrogen and oxygen atoms in total. The number of guanidine groups is 1. The van der Waals surface area contributed by atoms with Crippen molar-refractivity contribution in [3.63, 3.8) is 0 Å². The second-order valence-electron chi connectivity index (χ2n) is 4.26. The summed E-state index contributed by atoms with van der Waals surface area (Å²) in [5.74, 6) is 3.15. The number of primary sulfonamides is 1. The molecule has 0 aliphatic heterocycles. The van der Waals surface area contributed by atoms with Crippen molar-refractivity contribution in [3.8, 4) is 12.3 Å². The van der Waals surface area contributed by atoms with Crippen LogP contribution in [0.15, 0.2) is 34.2 Å². The van der Waals surface area contributed by atoms with Gasteiger partial charge in [-0.1, -0.05) is 18.1 Å². The molecule has 0 unspecified atom stereocenters. The van der Waals surface area contributed by atoms with E-state index in [1.807, 2.05) is 6.92 Å². The first-order valence-corrected chi connectivity index (χ1v) is 8.09. The van der Waals surface area contributed by atoms with Crippen LogP contribution in [0.1, 0.15) is 12.5 Å². The smallest absolute Gasteiger partial charge is 0.238 e. The summed E-state index contributed by atoms with van der Waals surface area (Å²) in [6.07, 6.45) is 5.88. The summed E-state index contributed by atoms with van der Waals surface area (Å²) in [5, 5.41) is 11.1. The molecule has 0 saturated carbocycles. The van der Waals surface area contributed by atoms with Crippen molar-refractivity contribution in [2.24, 2.45) is 10.1 Å². The van der Waals surface area contributed by atoms with Gasteiger partial charge in [0.15, 0.2) is 5.96 Å². The van der Waals surface area contributed by atoms with Crippen LogP contribution in [0, 0.1) is 12.3 Å². The van der Waals surface area contributed by atoms with E-state index < -0.39 is 10.0 Å². The average molecular weight is 308 g/mol. The highest BCUT2D eigenvalue weighted by molar-refractivity contribution is 7.89. The first-order chi connectivity index (χ1) is 9.97. The third-order valence-electron chi connectivity index (χ3n) is 2.62. The number of nitrogens with two attached hydrogens (primary N) is 1. The van der Waals surface area contributed by atoms with Crippen LogP contribution in [-0.4, -0.2) is 34.0 Å². The van der Waals surface area contributed by atoms with Gasteiger partial charge in [-0.05, 0) is 31.0 Å². The first-order valence-electron chi connectivity index (χ1n) is 6.54. The number of hydrogen-bond acceptors (Lipinski definition) is 3. The van der Waals surface area contributed by atoms with E-state index in [-0.39, 0.29) is 4.90 Å². The van der Waals surface area contributed by atoms with E-state index in [9.17, 15) is 8.42 Å². The minimum absolute atomic E-state index is 0.110. The summed E-state index contributed by atoms with van der Waals surface area (Å²) in [7, 11) is -3.64. The standard InChI is InChI=1S/C14H20N4O2S/c1-3-10-17-14(16-4-2)18-11-9-12-5-7-13(8-6-12)21(15,19)20/h1,5-8H,4,9-11H2,2H3,(H2,15,19,20)(H2,16,17,18). The van der Waals surface area contributed by atoms with Crippen molar-refractivity contribution in [1.82, 2.24) is 10.6 Å². The maximum absolute atomic E-state index is 11.1. The molecule has 0 aliphatic carbocycles. The van der Waals surface area contributed by atoms with Gasteiger partial charge in [0.25, 0.3) is 0 Å². The third-order valence-corrected chi connectivity index (χ3v) is 3.55. The summed E-state index contributed by atoms with van der Waals surface area (Å²) >= 11 is 0. The Labute approximate surface area is 125 Å². The van der Waals surface area contributed by atoms with Crippen LogP contribution in [-0.2, 0) is 16.4 Å². The number of nitrogens with one attached hydrogen (secondary N) is 2. The summed E-state index contributed by atoms with van der Waals surface area (Å²) in [6, 6.07) is 6.46. The minimum Gasteiger partial charge on any atom is -0.357 e. The predicted octanol–water partition coefficient (Wildman–Crippen LogP) is 0.0648. The van der Waals surface area contributed by atoms with Gasteiger partial charge < -0.3 is 10.6 Å². The summed E-state index contributed by atoms with van der Waals surface area (Å²) < 4.78 is 22.3. The van der Waals surface area contributed by atoms with E-state index in [0.29, 0.717) is 25.5 Å². The van der Waals surface area contributed by atoms with Crippen molar-refractivity contribution in [2.75, 3.05) is 19.6 Å². The van der Waals surface area contributed by atoms with Gasteiger partial charge in [-0.2, -0.15) is 0 Å². The van der Waals surface area contributed by atoms with Gasteiger partial charge in [0.1, 0.15) is 0 Å². The van der Waals surface area contributed by atoms with E-state index in [4.69, 9.17) is 11.6 Å². The van der Waals surface area contributed by atoms with Crippen molar-refractivity contribution in [3.05, 3.63) is 29.8 Å². The van der Waals surface area contributed by atoms with Gasteiger partial charge in [0, 0.05) is 13.1 Å². The van der Waals surface area contributed by atoms with Crippen LogP contribution in [0.3, 0.4) is 0 Å². The summed E-state index contributed by atoms with van der Waals surface area (Å²) in [5.41, 5.74) is 0.985. The Morgan fingerprint density at radius 2 is 2.00 bits per heavy atom. The number of benzene rings is 1. The fourth-order valence-electron chi connectivity index (χ4n) is 1.62. The molecule has 0 aliphatic rings. The van der Waals surface area contributed by atoms with Crippen molar-refractivity contribution in [1.29, 1.82) is 0 Å². The Morgan fingerprint density at radius 1 is 1.33 bits per heavy atom. The van der Waals surface area contributed by atoms with E-state index in [0.717, 1.165) is 12.1 Å². The second-order valence-corrected chi connectivity index (χ2v) is 5.82. The molecule has 0 spiro atoms. The molecular formula is C14H20N4O2S. The largest absolute Gasteiger partial charge is 0.357 e. The molecule has 0 amide bonds. The van der Waals surface area contributed by atoms with Crippen LogP contribution in [0.5, 0.6) is 0 Å². The number of hydrogen-bond donors (Lipinski definition) is 3. The Hall–Kier alpha value is -2.04. The summed E-state index contributed by atoms with van der Waals surface area (Å²) in [6.45, 7) is 3.70. The lowest BCUT2D eigenvalue weighted by Crippen LogP contribution is -2.37. The molecule has 0 bridgehead atoms. The molecule has 114 valence electrons. The predicted molar refractivity (Wildman–Crippen MR) is 84.3 cm³/mol. The highest BCUT2D eigenvalue weighted by Crippen LogP contribution is 2.09. The lowest BCUT2D eigenvalue weighted by atomic mass is 10.1. The van der Waals surface area contributed by atoms with Gasteiger partial charge in [0.2, 0.25) is 10.0 Å². The van der Waals surface area contributed by atoms with Crippen LogP contribution in [0.25, 0.3) is 0 Å². The van der Waals surface area contributed by atoms with Crippen LogP contribution in [0.2, 0.25) is 0 Å². The van der Waals surface area contributed by atoms with E-state index >= 15 is 0 Å². The maximum atomic E-state index is 11.1. The lowest BCUT2D eigenvalue weighted by Gasteiger charge is -2.08. The number of rotatable bonds is 6. The SMILES string of the molecule is C#CCNC(=NCCc1ccc(S(N)(=O)=O)cc1)NCC. The average Bonchev–Trinajstić information content (AvgIpc) is 2.44. The minimum atomic E-state index is -3.64. The van der Waals surface area contributed by atoms with Crippen LogP contribution >= 0.6 is 0 Å². The molecule has 0 aromatic heterocycles. The Balaban J connectivity index is 2.59. The van der Waals surface area contributed by atoms with Gasteiger partial charge in [0.05, 0.1) is 11.4 Å². The highest BCUT2D eigenvalue weighted by atomic mass is 32.2. The van der Waals surface area contributed by atoms with Gasteiger partial charge >= 0.3 is 0 Å². The molecule has 0 atom stereocenters. The zero-order valence-electron chi connectivity index (χ0n) is 12.0. The van der Waals surface area contributed by atoms with Crippen LogP contribution < -0.4 is 15.8 Å². The van der Waals surface area contributed by atoms with Crippen LogP contribution in [0.4, 0.5) is 0 Å². The lowest BCUT2D eigenvalue weighted by molar-refractivity contribution is 0.598. The van der Waals surface area contributed by atoms with Crippen molar-refractivity contribution < 1.29 is 8.42 Å². The monoisotopic (exact) mass is 308 g/mol. The van der Waals surface area contributed by atoms with Crippen molar-refractivity contribution >= 4 is 16.0 Å². The Bertz CT molecular complexity index is 615. The number of sulfonamides is 1. The Kier molecular flexibility index (Phi) is 6.72. The molecule has 0 fully saturated rings. The van der Waals surface area contributed by atoms with E-state index in [2.05, 4.69) is 21.5 Å². The molecule has 1 rings (SSSR count). The quantitative estimate of drug-likeness (QED) is 0.393. The van der Waals surface area contributed by atoms with Gasteiger partial charge in [-0.15, -0.1) is 6.42 Å². The molecular weight excluding hydrogens is 288 g/mol.